The van der Waals surface area contributed by atoms with Gasteiger partial charge in [0.15, 0.2) is 6.29 Å². The lowest BCUT2D eigenvalue weighted by Gasteiger charge is -2.29. The number of amides is 1. The molecule has 7 nitrogen and oxygen atoms in total. The Kier molecular flexibility index (Phi) is 10.1. The summed E-state index contributed by atoms with van der Waals surface area (Å²) in [5.74, 6) is 0.637. The van der Waals surface area contributed by atoms with Crippen LogP contribution in [0.15, 0.2) is 48.8 Å². The summed E-state index contributed by atoms with van der Waals surface area (Å²) in [5.41, 5.74) is 8.03. The van der Waals surface area contributed by atoms with Crippen LogP contribution in [-0.2, 0) is 27.2 Å². The van der Waals surface area contributed by atoms with Gasteiger partial charge < -0.3 is 24.8 Å². The zero-order chi connectivity index (χ0) is 23.6. The number of hydrogen-bond donors (Lipinski definition) is 1. The largest absolute Gasteiger partial charge is 0.488 e. The molecule has 1 heterocycles. The summed E-state index contributed by atoms with van der Waals surface area (Å²) in [6.07, 6.45) is 3.34. The van der Waals surface area contributed by atoms with Crippen molar-refractivity contribution < 1.29 is 19.0 Å². The van der Waals surface area contributed by atoms with Crippen molar-refractivity contribution in [1.82, 2.24) is 9.88 Å². The van der Waals surface area contributed by atoms with E-state index in [1.165, 1.54) is 0 Å². The van der Waals surface area contributed by atoms with E-state index in [4.69, 9.17) is 19.9 Å². The number of carbonyl (C=O) groups is 1. The third kappa shape index (κ3) is 8.94. The number of benzene rings is 1. The molecule has 0 radical (unpaired) electrons. The third-order valence-electron chi connectivity index (χ3n) is 4.63. The molecule has 0 saturated heterocycles. The minimum atomic E-state index is -0.685. The van der Waals surface area contributed by atoms with Gasteiger partial charge in [0.2, 0.25) is 5.91 Å². The molecule has 1 amide bonds. The van der Waals surface area contributed by atoms with Crippen LogP contribution in [0.25, 0.3) is 0 Å². The van der Waals surface area contributed by atoms with Crippen molar-refractivity contribution >= 4 is 5.91 Å². The quantitative estimate of drug-likeness (QED) is 0.505. The van der Waals surface area contributed by atoms with E-state index < -0.39 is 12.3 Å². The van der Waals surface area contributed by atoms with Crippen molar-refractivity contribution in [1.29, 1.82) is 0 Å². The summed E-state index contributed by atoms with van der Waals surface area (Å²) in [5, 5.41) is 0. The number of hydrogen-bond acceptors (Lipinski definition) is 6. The summed E-state index contributed by atoms with van der Waals surface area (Å²) < 4.78 is 17.2. The van der Waals surface area contributed by atoms with Crippen LogP contribution in [0.3, 0.4) is 0 Å². The van der Waals surface area contributed by atoms with E-state index in [9.17, 15) is 4.79 Å². The van der Waals surface area contributed by atoms with E-state index >= 15 is 0 Å². The van der Waals surface area contributed by atoms with Crippen LogP contribution in [0.5, 0.6) is 5.75 Å². The van der Waals surface area contributed by atoms with Gasteiger partial charge in [0.1, 0.15) is 11.4 Å². The number of pyridine rings is 1. The van der Waals surface area contributed by atoms with Crippen molar-refractivity contribution in [2.24, 2.45) is 5.73 Å². The number of nitrogens with two attached hydrogens (primary N) is 1. The Morgan fingerprint density at radius 2 is 1.59 bits per heavy atom. The Labute approximate surface area is 191 Å². The first-order valence-electron chi connectivity index (χ1n) is 11.2. The summed E-state index contributed by atoms with van der Waals surface area (Å²) in [6.45, 7) is 11.5. The van der Waals surface area contributed by atoms with Crippen molar-refractivity contribution in [2.45, 2.75) is 65.5 Å². The van der Waals surface area contributed by atoms with Gasteiger partial charge >= 0.3 is 0 Å². The lowest BCUT2D eigenvalue weighted by atomic mass is 10.0. The highest BCUT2D eigenvalue weighted by Crippen LogP contribution is 2.19. The lowest BCUT2D eigenvalue weighted by Crippen LogP contribution is -2.48. The smallest absolute Gasteiger partial charge is 0.240 e. The fourth-order valence-corrected chi connectivity index (χ4v) is 3.27. The highest BCUT2D eigenvalue weighted by atomic mass is 16.7. The van der Waals surface area contributed by atoms with E-state index in [1.807, 2.05) is 71.0 Å². The van der Waals surface area contributed by atoms with Gasteiger partial charge in [0.25, 0.3) is 0 Å². The Bertz CT molecular complexity index is 800. The maximum absolute atomic E-state index is 13.3. The van der Waals surface area contributed by atoms with Gasteiger partial charge in [0, 0.05) is 32.2 Å². The molecule has 0 aliphatic heterocycles. The molecule has 1 atom stereocenters. The normalized spacial score (nSPS) is 12.6. The minimum Gasteiger partial charge on any atom is -0.488 e. The summed E-state index contributed by atoms with van der Waals surface area (Å²) in [6, 6.07) is 10.8. The Morgan fingerprint density at radius 1 is 1.00 bits per heavy atom. The maximum atomic E-state index is 13.3. The Hall–Kier alpha value is -2.48. The first kappa shape index (κ1) is 25.8. The predicted octanol–water partition coefficient (Wildman–Crippen LogP) is 3.56. The number of aromatic nitrogens is 1. The Morgan fingerprint density at radius 3 is 2.12 bits per heavy atom. The molecule has 2 rings (SSSR count). The maximum Gasteiger partial charge on any atom is 0.240 e. The molecule has 176 valence electrons. The van der Waals surface area contributed by atoms with E-state index in [0.29, 0.717) is 32.7 Å². The number of ether oxygens (including phenoxy) is 3. The molecule has 2 aromatic rings. The van der Waals surface area contributed by atoms with Crippen molar-refractivity contribution in [3.63, 3.8) is 0 Å². The van der Waals surface area contributed by atoms with Crippen LogP contribution in [0, 0.1) is 0 Å². The van der Waals surface area contributed by atoms with Gasteiger partial charge in [-0.25, -0.2) is 0 Å². The number of carbonyl (C=O) groups excluding carboxylic acids is 1. The second-order valence-electron chi connectivity index (χ2n) is 8.58. The van der Waals surface area contributed by atoms with Crippen molar-refractivity contribution in [2.75, 3.05) is 19.8 Å². The molecule has 0 aliphatic carbocycles. The molecule has 0 fully saturated rings. The molecule has 32 heavy (non-hydrogen) atoms. The van der Waals surface area contributed by atoms with Crippen LogP contribution in [0.1, 0.15) is 45.7 Å². The van der Waals surface area contributed by atoms with E-state index in [-0.39, 0.29) is 11.5 Å². The average Bonchev–Trinajstić information content (AvgIpc) is 2.74. The van der Waals surface area contributed by atoms with Crippen LogP contribution < -0.4 is 10.5 Å². The van der Waals surface area contributed by atoms with Gasteiger partial charge in [-0.2, -0.15) is 0 Å². The second kappa shape index (κ2) is 12.5. The highest BCUT2D eigenvalue weighted by Gasteiger charge is 2.25. The standard InChI is InChI=1S/C25H37N3O4/c1-6-30-23(31-7-2)18-28(17-20-12-14-27-15-13-20)24(29)22(26)16-19-8-10-21(11-9-19)32-25(3,4)5/h8-15,22-23H,6-7,16-18,26H2,1-5H3. The third-order valence-corrected chi connectivity index (χ3v) is 4.63. The molecule has 0 bridgehead atoms. The van der Waals surface area contributed by atoms with E-state index in [1.54, 1.807) is 17.3 Å². The molecular weight excluding hydrogens is 406 g/mol. The minimum absolute atomic E-state index is 0.152. The van der Waals surface area contributed by atoms with Crippen LogP contribution in [-0.4, -0.2) is 53.5 Å². The lowest BCUT2D eigenvalue weighted by molar-refractivity contribution is -0.160. The Balaban J connectivity index is 2.10. The van der Waals surface area contributed by atoms with Crippen LogP contribution in [0.4, 0.5) is 0 Å². The first-order chi connectivity index (χ1) is 15.2. The fourth-order valence-electron chi connectivity index (χ4n) is 3.27. The van der Waals surface area contributed by atoms with E-state index in [2.05, 4.69) is 4.98 Å². The van der Waals surface area contributed by atoms with E-state index in [0.717, 1.165) is 16.9 Å². The SMILES string of the molecule is CCOC(CN(Cc1ccncc1)C(=O)C(N)Cc1ccc(OC(C)(C)C)cc1)OCC. The molecule has 0 aliphatic rings. The summed E-state index contributed by atoms with van der Waals surface area (Å²) in [7, 11) is 0. The van der Waals surface area contributed by atoms with Gasteiger partial charge in [-0.05, 0) is 76.4 Å². The topological polar surface area (TPSA) is 86.9 Å². The fraction of sp³-hybridized carbons (Fsp3) is 0.520. The zero-order valence-electron chi connectivity index (χ0n) is 19.9. The van der Waals surface area contributed by atoms with Gasteiger partial charge in [-0.1, -0.05) is 12.1 Å². The molecule has 1 aromatic heterocycles. The average molecular weight is 444 g/mol. The molecule has 0 saturated carbocycles. The molecule has 1 aromatic carbocycles. The summed E-state index contributed by atoms with van der Waals surface area (Å²) in [4.78, 5) is 19.1. The number of rotatable bonds is 12. The second-order valence-corrected chi connectivity index (χ2v) is 8.58. The number of nitrogens with zero attached hydrogens (tertiary/aromatic N) is 2. The molecule has 0 spiro atoms. The van der Waals surface area contributed by atoms with Gasteiger partial charge in [-0.3, -0.25) is 9.78 Å². The van der Waals surface area contributed by atoms with Crippen molar-refractivity contribution in [3.05, 3.63) is 59.9 Å². The predicted molar refractivity (Wildman–Crippen MR) is 125 cm³/mol. The first-order valence-corrected chi connectivity index (χ1v) is 11.2. The monoisotopic (exact) mass is 443 g/mol. The summed E-state index contributed by atoms with van der Waals surface area (Å²) >= 11 is 0. The highest BCUT2D eigenvalue weighted by molar-refractivity contribution is 5.82. The van der Waals surface area contributed by atoms with Gasteiger partial charge in [0.05, 0.1) is 12.6 Å². The molecule has 1 unspecified atom stereocenters. The van der Waals surface area contributed by atoms with Crippen LogP contribution in [0.2, 0.25) is 0 Å². The molecular formula is C25H37N3O4. The van der Waals surface area contributed by atoms with Crippen LogP contribution >= 0.6 is 0 Å². The molecule has 7 heteroatoms. The molecule has 2 N–H and O–H groups in total. The van der Waals surface area contributed by atoms with Gasteiger partial charge in [-0.15, -0.1) is 0 Å². The zero-order valence-corrected chi connectivity index (χ0v) is 19.9. The van der Waals surface area contributed by atoms with Crippen molar-refractivity contribution in [3.8, 4) is 5.75 Å².